The SMILES string of the molecule is CCOCCN1CCN(C[C@H](O)c2cc(Cl)ccc2Cl)CC1. The van der Waals surface area contributed by atoms with Gasteiger partial charge in [0.1, 0.15) is 0 Å². The summed E-state index contributed by atoms with van der Waals surface area (Å²) in [5.41, 5.74) is 0.702. The first-order valence-electron chi connectivity index (χ1n) is 7.75. The number of hydrogen-bond donors (Lipinski definition) is 1. The van der Waals surface area contributed by atoms with Crippen molar-refractivity contribution in [2.45, 2.75) is 13.0 Å². The van der Waals surface area contributed by atoms with Gasteiger partial charge in [-0.2, -0.15) is 0 Å². The summed E-state index contributed by atoms with van der Waals surface area (Å²) in [5.74, 6) is 0. The van der Waals surface area contributed by atoms with E-state index in [1.54, 1.807) is 18.2 Å². The summed E-state index contributed by atoms with van der Waals surface area (Å²) in [6.07, 6.45) is -0.610. The molecule has 1 aliphatic heterocycles. The molecule has 2 rings (SSSR count). The summed E-state index contributed by atoms with van der Waals surface area (Å²) in [5, 5.41) is 11.6. The molecule has 1 aromatic carbocycles. The predicted molar refractivity (Wildman–Crippen MR) is 90.8 cm³/mol. The van der Waals surface area contributed by atoms with Crippen LogP contribution in [0.1, 0.15) is 18.6 Å². The van der Waals surface area contributed by atoms with E-state index in [1.165, 1.54) is 0 Å². The zero-order valence-corrected chi connectivity index (χ0v) is 14.5. The Morgan fingerprint density at radius 3 is 2.55 bits per heavy atom. The lowest BCUT2D eigenvalue weighted by molar-refractivity contribution is 0.0550. The van der Waals surface area contributed by atoms with Gasteiger partial charge in [0, 0.05) is 61.5 Å². The number of β-amino-alcohol motifs (C(OH)–C–C–N with tert-alkyl or cyclic N) is 1. The standard InChI is InChI=1S/C16H24Cl2N2O2/c1-2-22-10-9-19-5-7-20(8-6-19)12-16(21)14-11-13(17)3-4-15(14)18/h3-4,11,16,21H,2,5-10,12H2,1H3/t16-/m0/s1. The number of rotatable bonds is 7. The van der Waals surface area contributed by atoms with Crippen LogP contribution in [-0.2, 0) is 4.74 Å². The maximum absolute atomic E-state index is 10.4. The van der Waals surface area contributed by atoms with Crippen LogP contribution in [0.5, 0.6) is 0 Å². The van der Waals surface area contributed by atoms with Gasteiger partial charge in [-0.15, -0.1) is 0 Å². The van der Waals surface area contributed by atoms with Gasteiger partial charge in [-0.1, -0.05) is 23.2 Å². The molecule has 0 radical (unpaired) electrons. The molecular weight excluding hydrogens is 323 g/mol. The largest absolute Gasteiger partial charge is 0.387 e. The molecule has 1 atom stereocenters. The summed E-state index contributed by atoms with van der Waals surface area (Å²) in [7, 11) is 0. The van der Waals surface area contributed by atoms with E-state index in [0.29, 0.717) is 22.2 Å². The third kappa shape index (κ3) is 5.37. The highest BCUT2D eigenvalue weighted by Crippen LogP contribution is 2.27. The van der Waals surface area contributed by atoms with Gasteiger partial charge in [-0.05, 0) is 25.1 Å². The number of aliphatic hydroxyl groups is 1. The van der Waals surface area contributed by atoms with Crippen molar-refractivity contribution >= 4 is 23.2 Å². The van der Waals surface area contributed by atoms with Crippen LogP contribution >= 0.6 is 23.2 Å². The minimum atomic E-state index is -0.610. The number of nitrogens with zero attached hydrogens (tertiary/aromatic N) is 2. The lowest BCUT2D eigenvalue weighted by atomic mass is 10.1. The van der Waals surface area contributed by atoms with E-state index in [0.717, 1.165) is 45.9 Å². The smallest absolute Gasteiger partial charge is 0.0931 e. The van der Waals surface area contributed by atoms with Crippen molar-refractivity contribution in [1.29, 1.82) is 0 Å². The van der Waals surface area contributed by atoms with Crippen LogP contribution in [0.2, 0.25) is 10.0 Å². The molecule has 22 heavy (non-hydrogen) atoms. The summed E-state index contributed by atoms with van der Waals surface area (Å²) < 4.78 is 5.39. The van der Waals surface area contributed by atoms with Crippen LogP contribution in [0.4, 0.5) is 0 Å². The molecular formula is C16H24Cl2N2O2. The molecule has 1 heterocycles. The van der Waals surface area contributed by atoms with Crippen molar-refractivity contribution in [2.75, 3.05) is 52.5 Å². The zero-order chi connectivity index (χ0) is 15.9. The molecule has 0 amide bonds. The van der Waals surface area contributed by atoms with Crippen LogP contribution in [0, 0.1) is 0 Å². The van der Waals surface area contributed by atoms with Crippen molar-refractivity contribution in [3.05, 3.63) is 33.8 Å². The van der Waals surface area contributed by atoms with Crippen LogP contribution < -0.4 is 0 Å². The summed E-state index contributed by atoms with van der Waals surface area (Å²) >= 11 is 12.1. The normalized spacial score (nSPS) is 18.5. The highest BCUT2D eigenvalue weighted by atomic mass is 35.5. The second kappa shape index (κ2) is 9.06. The van der Waals surface area contributed by atoms with E-state index in [-0.39, 0.29) is 0 Å². The average molecular weight is 347 g/mol. The minimum absolute atomic E-state index is 0.562. The van der Waals surface area contributed by atoms with Gasteiger partial charge in [0.15, 0.2) is 0 Å². The fourth-order valence-corrected chi connectivity index (χ4v) is 3.07. The lowest BCUT2D eigenvalue weighted by Gasteiger charge is -2.35. The van der Waals surface area contributed by atoms with E-state index in [1.807, 2.05) is 6.92 Å². The van der Waals surface area contributed by atoms with Crippen molar-refractivity contribution in [3.8, 4) is 0 Å². The first kappa shape index (κ1) is 18.0. The highest BCUT2D eigenvalue weighted by Gasteiger charge is 2.21. The van der Waals surface area contributed by atoms with Gasteiger partial charge in [-0.25, -0.2) is 0 Å². The van der Waals surface area contributed by atoms with E-state index in [4.69, 9.17) is 27.9 Å². The van der Waals surface area contributed by atoms with Crippen LogP contribution in [0.3, 0.4) is 0 Å². The summed E-state index contributed by atoms with van der Waals surface area (Å²) in [6, 6.07) is 5.21. The van der Waals surface area contributed by atoms with Gasteiger partial charge in [0.25, 0.3) is 0 Å². The Bertz CT molecular complexity index is 465. The fraction of sp³-hybridized carbons (Fsp3) is 0.625. The molecule has 4 nitrogen and oxygen atoms in total. The Balaban J connectivity index is 1.79. The predicted octanol–water partition coefficient (Wildman–Crippen LogP) is 2.68. The molecule has 1 N–H and O–H groups in total. The van der Waals surface area contributed by atoms with Gasteiger partial charge in [0.05, 0.1) is 12.7 Å². The third-order valence-electron chi connectivity index (χ3n) is 3.97. The molecule has 124 valence electrons. The van der Waals surface area contributed by atoms with Crippen LogP contribution in [0.25, 0.3) is 0 Å². The molecule has 1 saturated heterocycles. The first-order valence-corrected chi connectivity index (χ1v) is 8.51. The van der Waals surface area contributed by atoms with Crippen LogP contribution in [0.15, 0.2) is 18.2 Å². The number of aliphatic hydroxyl groups excluding tert-OH is 1. The fourth-order valence-electron chi connectivity index (χ4n) is 2.65. The number of piperazine rings is 1. The molecule has 1 aromatic rings. The molecule has 0 aliphatic carbocycles. The number of halogens is 2. The van der Waals surface area contributed by atoms with Gasteiger partial charge >= 0.3 is 0 Å². The Morgan fingerprint density at radius 1 is 1.18 bits per heavy atom. The topological polar surface area (TPSA) is 35.9 Å². The van der Waals surface area contributed by atoms with Gasteiger partial charge in [-0.3, -0.25) is 9.80 Å². The summed E-state index contributed by atoms with van der Waals surface area (Å²) in [4.78, 5) is 4.66. The van der Waals surface area contributed by atoms with E-state index >= 15 is 0 Å². The summed E-state index contributed by atoms with van der Waals surface area (Å²) in [6.45, 7) is 9.03. The third-order valence-corrected chi connectivity index (χ3v) is 4.55. The number of benzene rings is 1. The average Bonchev–Trinajstić information content (AvgIpc) is 2.51. The quantitative estimate of drug-likeness (QED) is 0.770. The maximum atomic E-state index is 10.4. The van der Waals surface area contributed by atoms with Gasteiger partial charge in [0.2, 0.25) is 0 Å². The molecule has 0 spiro atoms. The van der Waals surface area contributed by atoms with E-state index < -0.39 is 6.10 Å². The Labute approximate surface area is 142 Å². The maximum Gasteiger partial charge on any atom is 0.0931 e. The second-order valence-corrected chi connectivity index (χ2v) is 6.36. The van der Waals surface area contributed by atoms with Gasteiger partial charge < -0.3 is 9.84 Å². The van der Waals surface area contributed by atoms with E-state index in [9.17, 15) is 5.11 Å². The number of hydrogen-bond acceptors (Lipinski definition) is 4. The monoisotopic (exact) mass is 346 g/mol. The molecule has 1 fully saturated rings. The highest BCUT2D eigenvalue weighted by molar-refractivity contribution is 6.33. The van der Waals surface area contributed by atoms with Crippen molar-refractivity contribution in [1.82, 2.24) is 9.80 Å². The van der Waals surface area contributed by atoms with Crippen molar-refractivity contribution in [3.63, 3.8) is 0 Å². The van der Waals surface area contributed by atoms with Crippen LogP contribution in [-0.4, -0.2) is 67.4 Å². The first-order chi connectivity index (χ1) is 10.6. The minimum Gasteiger partial charge on any atom is -0.387 e. The molecule has 0 saturated carbocycles. The number of ether oxygens (including phenoxy) is 1. The van der Waals surface area contributed by atoms with Crippen molar-refractivity contribution < 1.29 is 9.84 Å². The molecule has 1 aliphatic rings. The molecule has 0 aromatic heterocycles. The Hall–Kier alpha value is -0.360. The molecule has 0 unspecified atom stereocenters. The molecule has 6 heteroatoms. The van der Waals surface area contributed by atoms with Crippen molar-refractivity contribution in [2.24, 2.45) is 0 Å². The second-order valence-electron chi connectivity index (χ2n) is 5.52. The molecule has 0 bridgehead atoms. The Kier molecular flexibility index (Phi) is 7.41. The lowest BCUT2D eigenvalue weighted by Crippen LogP contribution is -2.48. The Morgan fingerprint density at radius 2 is 1.86 bits per heavy atom. The van der Waals surface area contributed by atoms with E-state index in [2.05, 4.69) is 9.80 Å². The zero-order valence-electron chi connectivity index (χ0n) is 13.0.